The van der Waals surface area contributed by atoms with Crippen molar-refractivity contribution in [3.8, 4) is 5.75 Å². The molecule has 9 nitrogen and oxygen atoms in total. The lowest BCUT2D eigenvalue weighted by Gasteiger charge is -2.35. The third kappa shape index (κ3) is 5.98. The number of aromatic nitrogens is 1. The first-order valence-electron chi connectivity index (χ1n) is 13.2. The van der Waals surface area contributed by atoms with Crippen molar-refractivity contribution in [2.45, 2.75) is 18.0 Å². The Hall–Kier alpha value is -4.65. The van der Waals surface area contributed by atoms with Gasteiger partial charge in [0.15, 0.2) is 0 Å². The molecule has 0 spiro atoms. The van der Waals surface area contributed by atoms with E-state index in [1.54, 1.807) is 48.2 Å². The van der Waals surface area contributed by atoms with E-state index >= 15 is 0 Å². The third-order valence-corrected chi connectivity index (χ3v) is 8.69. The second-order valence-corrected chi connectivity index (χ2v) is 11.6. The van der Waals surface area contributed by atoms with Crippen molar-refractivity contribution >= 4 is 38.4 Å². The molecule has 224 valence electrons. The quantitative estimate of drug-likeness (QED) is 0.330. The van der Waals surface area contributed by atoms with Crippen LogP contribution < -0.4 is 9.46 Å². The number of amides is 2. The number of benzene rings is 3. The molecule has 1 saturated heterocycles. The molecule has 0 saturated carbocycles. The van der Waals surface area contributed by atoms with Gasteiger partial charge in [-0.05, 0) is 49.4 Å². The SMILES string of the molecule is COc1cccc(C(=O)N2CCN(C(=O)c3ccc(NS(=O)(=O)c4cccc5cccnc45)c(C(F)(F)F)c3)CC2)c1C. The van der Waals surface area contributed by atoms with Crippen LogP contribution in [0.5, 0.6) is 5.75 Å². The molecule has 0 radical (unpaired) electrons. The summed E-state index contributed by atoms with van der Waals surface area (Å²) in [4.78, 5) is 33.0. The number of ether oxygens (including phenoxy) is 1. The Morgan fingerprint density at radius 3 is 2.23 bits per heavy atom. The van der Waals surface area contributed by atoms with E-state index < -0.39 is 33.4 Å². The van der Waals surface area contributed by atoms with Crippen molar-refractivity contribution in [2.75, 3.05) is 38.0 Å². The van der Waals surface area contributed by atoms with Crippen molar-refractivity contribution < 1.29 is 35.9 Å². The Balaban J connectivity index is 1.35. The number of hydrogen-bond acceptors (Lipinski definition) is 6. The molecule has 0 unspecified atom stereocenters. The van der Waals surface area contributed by atoms with Crippen LogP contribution in [0.2, 0.25) is 0 Å². The van der Waals surface area contributed by atoms with Crippen LogP contribution in [0.1, 0.15) is 31.8 Å². The van der Waals surface area contributed by atoms with Crippen LogP contribution in [0.4, 0.5) is 18.9 Å². The summed E-state index contributed by atoms with van der Waals surface area (Å²) in [6.07, 6.45) is -3.58. The first-order chi connectivity index (χ1) is 20.4. The molecule has 1 aliphatic rings. The number of nitrogens with zero attached hydrogens (tertiary/aromatic N) is 3. The maximum atomic E-state index is 14.1. The van der Waals surface area contributed by atoms with Crippen LogP contribution >= 0.6 is 0 Å². The molecule has 1 aromatic heterocycles. The minimum atomic E-state index is -4.97. The van der Waals surface area contributed by atoms with Gasteiger partial charge < -0.3 is 14.5 Å². The van der Waals surface area contributed by atoms with Gasteiger partial charge in [-0.15, -0.1) is 0 Å². The Bertz CT molecular complexity index is 1820. The highest BCUT2D eigenvalue weighted by Gasteiger charge is 2.36. The van der Waals surface area contributed by atoms with Gasteiger partial charge in [0, 0.05) is 54.5 Å². The van der Waals surface area contributed by atoms with Crippen LogP contribution in [0.15, 0.2) is 77.8 Å². The number of nitrogens with one attached hydrogen (secondary N) is 1. The summed E-state index contributed by atoms with van der Waals surface area (Å²) in [5, 5.41) is 0.503. The predicted molar refractivity (Wildman–Crippen MR) is 154 cm³/mol. The highest BCUT2D eigenvalue weighted by Crippen LogP contribution is 2.37. The van der Waals surface area contributed by atoms with Gasteiger partial charge in [-0.1, -0.05) is 24.3 Å². The summed E-state index contributed by atoms with van der Waals surface area (Å²) in [7, 11) is -2.97. The number of methoxy groups -OCH3 is 1. The normalized spacial score (nSPS) is 14.1. The van der Waals surface area contributed by atoms with Gasteiger partial charge in [-0.25, -0.2) is 8.42 Å². The van der Waals surface area contributed by atoms with Crippen LogP contribution in [-0.2, 0) is 16.2 Å². The number of fused-ring (bicyclic) bond motifs is 1. The van der Waals surface area contributed by atoms with Crippen molar-refractivity contribution in [1.29, 1.82) is 0 Å². The molecule has 0 atom stereocenters. The van der Waals surface area contributed by atoms with E-state index in [9.17, 15) is 31.2 Å². The van der Waals surface area contributed by atoms with Crippen LogP contribution in [0.25, 0.3) is 10.9 Å². The largest absolute Gasteiger partial charge is 0.496 e. The number of anilines is 1. The summed E-state index contributed by atoms with van der Waals surface area (Å²) in [6, 6.07) is 15.5. The molecular weight excluding hydrogens is 585 g/mol. The van der Waals surface area contributed by atoms with E-state index in [1.807, 2.05) is 4.72 Å². The number of alkyl halides is 3. The number of carbonyl (C=O) groups is 2. The Labute approximate surface area is 245 Å². The van der Waals surface area contributed by atoms with Crippen molar-refractivity contribution in [2.24, 2.45) is 0 Å². The fraction of sp³-hybridized carbons (Fsp3) is 0.233. The van der Waals surface area contributed by atoms with E-state index in [2.05, 4.69) is 4.98 Å². The molecule has 1 N–H and O–H groups in total. The molecule has 1 fully saturated rings. The summed E-state index contributed by atoms with van der Waals surface area (Å²) in [5.41, 5.74) is -1.03. The molecular formula is C30H27F3N4O5S. The lowest BCUT2D eigenvalue weighted by atomic mass is 10.1. The topological polar surface area (TPSA) is 109 Å². The predicted octanol–water partition coefficient (Wildman–Crippen LogP) is 4.97. The van der Waals surface area contributed by atoms with E-state index in [0.717, 1.165) is 12.1 Å². The fourth-order valence-electron chi connectivity index (χ4n) is 5.03. The van der Waals surface area contributed by atoms with Crippen LogP contribution in [0.3, 0.4) is 0 Å². The molecule has 3 aromatic carbocycles. The van der Waals surface area contributed by atoms with E-state index in [0.29, 0.717) is 28.3 Å². The number of sulfonamides is 1. The average molecular weight is 613 g/mol. The van der Waals surface area contributed by atoms with Gasteiger partial charge in [-0.2, -0.15) is 13.2 Å². The molecule has 2 heterocycles. The molecule has 0 aliphatic carbocycles. The summed E-state index contributed by atoms with van der Waals surface area (Å²) < 4.78 is 76.0. The number of halogens is 3. The molecule has 5 rings (SSSR count). The molecule has 2 amide bonds. The van der Waals surface area contributed by atoms with Gasteiger partial charge >= 0.3 is 6.18 Å². The van der Waals surface area contributed by atoms with E-state index in [1.165, 1.54) is 30.3 Å². The maximum absolute atomic E-state index is 14.1. The van der Waals surface area contributed by atoms with E-state index in [-0.39, 0.29) is 48.1 Å². The summed E-state index contributed by atoms with van der Waals surface area (Å²) in [5.74, 6) is -0.330. The molecule has 4 aromatic rings. The van der Waals surface area contributed by atoms with Crippen LogP contribution in [-0.4, -0.2) is 68.3 Å². The van der Waals surface area contributed by atoms with Crippen LogP contribution in [0, 0.1) is 6.92 Å². The number of carbonyl (C=O) groups excluding carboxylic acids is 2. The van der Waals surface area contributed by atoms with Gasteiger partial charge in [0.05, 0.1) is 23.9 Å². The minimum absolute atomic E-state index is 0.108. The van der Waals surface area contributed by atoms with Crippen molar-refractivity contribution in [1.82, 2.24) is 14.8 Å². The average Bonchev–Trinajstić information content (AvgIpc) is 2.99. The highest BCUT2D eigenvalue weighted by atomic mass is 32.2. The van der Waals surface area contributed by atoms with Crippen molar-refractivity contribution in [3.05, 3.63) is 95.2 Å². The molecule has 13 heteroatoms. The van der Waals surface area contributed by atoms with Gasteiger partial charge in [-0.3, -0.25) is 19.3 Å². The number of rotatable bonds is 6. The first kappa shape index (κ1) is 29.8. The number of para-hydroxylation sites is 1. The second kappa shape index (κ2) is 11.6. The highest BCUT2D eigenvalue weighted by molar-refractivity contribution is 7.93. The number of pyridine rings is 1. The second-order valence-electron chi connectivity index (χ2n) is 9.91. The number of piperazine rings is 1. The fourth-order valence-corrected chi connectivity index (χ4v) is 6.29. The molecule has 43 heavy (non-hydrogen) atoms. The summed E-state index contributed by atoms with van der Waals surface area (Å²) >= 11 is 0. The Morgan fingerprint density at radius 1 is 0.907 bits per heavy atom. The van der Waals surface area contributed by atoms with E-state index in [4.69, 9.17) is 4.74 Å². The zero-order valence-corrected chi connectivity index (χ0v) is 24.0. The number of hydrogen-bond donors (Lipinski definition) is 1. The minimum Gasteiger partial charge on any atom is -0.496 e. The third-order valence-electron chi connectivity index (χ3n) is 7.29. The molecule has 0 bridgehead atoms. The lowest BCUT2D eigenvalue weighted by Crippen LogP contribution is -2.50. The monoisotopic (exact) mass is 612 g/mol. The standard InChI is InChI=1S/C30H27F3N4O5S/c1-19-22(8-4-9-25(19)42-2)29(39)37-16-14-36(15-17-37)28(38)21-11-12-24(23(18-21)30(31,32)33)35-43(40,41)26-10-3-6-20-7-5-13-34-27(20)26/h3-13,18,35H,14-17H2,1-2H3. The zero-order chi connectivity index (χ0) is 30.9. The smallest absolute Gasteiger partial charge is 0.418 e. The Morgan fingerprint density at radius 2 is 1.56 bits per heavy atom. The van der Waals surface area contributed by atoms with Gasteiger partial charge in [0.25, 0.3) is 21.8 Å². The summed E-state index contributed by atoms with van der Waals surface area (Å²) in [6.45, 7) is 2.36. The first-order valence-corrected chi connectivity index (χ1v) is 14.7. The molecule has 1 aliphatic heterocycles. The Kier molecular flexibility index (Phi) is 8.02. The van der Waals surface area contributed by atoms with Gasteiger partial charge in [0.1, 0.15) is 10.6 Å². The van der Waals surface area contributed by atoms with Gasteiger partial charge in [0.2, 0.25) is 0 Å². The van der Waals surface area contributed by atoms with Crippen molar-refractivity contribution in [3.63, 3.8) is 0 Å². The zero-order valence-electron chi connectivity index (χ0n) is 23.2. The lowest BCUT2D eigenvalue weighted by molar-refractivity contribution is -0.136. The maximum Gasteiger partial charge on any atom is 0.418 e.